The minimum absolute atomic E-state index is 0.0833. The van der Waals surface area contributed by atoms with Gasteiger partial charge >= 0.3 is 6.03 Å². The van der Waals surface area contributed by atoms with Crippen molar-refractivity contribution in [1.29, 1.82) is 0 Å². The second kappa shape index (κ2) is 8.49. The molecule has 1 aliphatic rings. The summed E-state index contributed by atoms with van der Waals surface area (Å²) >= 11 is 0. The molecule has 0 spiro atoms. The molecule has 8 nitrogen and oxygen atoms in total. The van der Waals surface area contributed by atoms with Crippen LogP contribution < -0.4 is 20.1 Å². The van der Waals surface area contributed by atoms with Crippen LogP contribution in [0.25, 0.3) is 0 Å². The maximum Gasteiger partial charge on any atom is 0.315 e. The fourth-order valence-electron chi connectivity index (χ4n) is 2.71. The third-order valence-electron chi connectivity index (χ3n) is 4.23. The average molecular weight is 405 g/mol. The number of sulfonamides is 1. The molecular weight excluding hydrogens is 382 g/mol. The number of fused-ring (bicyclic) bond motifs is 1. The Balaban J connectivity index is 1.53. The van der Waals surface area contributed by atoms with Gasteiger partial charge in [-0.3, -0.25) is 0 Å². The van der Waals surface area contributed by atoms with Crippen molar-refractivity contribution in [2.75, 3.05) is 27.2 Å². The minimum atomic E-state index is -3.59. The SMILES string of the molecule is CN(C)S(=O)(=O)c1ccccc1CNC(=O)NC[C@H]1COc2ccccc2O1. The summed E-state index contributed by atoms with van der Waals surface area (Å²) in [5.74, 6) is 1.32. The summed E-state index contributed by atoms with van der Waals surface area (Å²) in [4.78, 5) is 12.3. The standard InChI is InChI=1S/C19H23N3O5S/c1-22(2)28(24,25)18-10-6-3-7-14(18)11-20-19(23)21-12-15-13-26-16-8-4-5-9-17(16)27-15/h3-10,15H,11-13H2,1-2H3,(H2,20,21,23)/t15-/m0/s1. The number of hydrogen-bond donors (Lipinski definition) is 2. The molecule has 0 aromatic heterocycles. The van der Waals surface area contributed by atoms with Crippen molar-refractivity contribution in [3.8, 4) is 11.5 Å². The van der Waals surface area contributed by atoms with Crippen LogP contribution in [0.3, 0.4) is 0 Å². The number of benzene rings is 2. The monoisotopic (exact) mass is 405 g/mol. The van der Waals surface area contributed by atoms with E-state index in [4.69, 9.17) is 9.47 Å². The van der Waals surface area contributed by atoms with Gasteiger partial charge in [0.05, 0.1) is 11.4 Å². The second-order valence-corrected chi connectivity index (χ2v) is 8.58. The molecule has 0 saturated carbocycles. The van der Waals surface area contributed by atoms with Gasteiger partial charge in [0.15, 0.2) is 17.6 Å². The van der Waals surface area contributed by atoms with Crippen molar-refractivity contribution in [3.63, 3.8) is 0 Å². The van der Waals surface area contributed by atoms with E-state index in [0.29, 0.717) is 23.7 Å². The molecule has 150 valence electrons. The van der Waals surface area contributed by atoms with Crippen molar-refractivity contribution in [1.82, 2.24) is 14.9 Å². The number of hydrogen-bond acceptors (Lipinski definition) is 5. The van der Waals surface area contributed by atoms with Crippen LogP contribution in [0.2, 0.25) is 0 Å². The molecule has 0 radical (unpaired) electrons. The molecule has 0 unspecified atom stereocenters. The van der Waals surface area contributed by atoms with E-state index < -0.39 is 16.1 Å². The molecule has 2 aromatic rings. The maximum atomic E-state index is 12.4. The van der Waals surface area contributed by atoms with E-state index in [1.54, 1.807) is 18.2 Å². The van der Waals surface area contributed by atoms with Gasteiger partial charge in [-0.15, -0.1) is 0 Å². The quantitative estimate of drug-likeness (QED) is 0.761. The van der Waals surface area contributed by atoms with E-state index in [0.717, 1.165) is 4.31 Å². The van der Waals surface area contributed by atoms with Crippen LogP contribution in [0.1, 0.15) is 5.56 Å². The fraction of sp³-hybridized carbons (Fsp3) is 0.316. The van der Waals surface area contributed by atoms with Crippen molar-refractivity contribution in [2.24, 2.45) is 0 Å². The number of urea groups is 1. The van der Waals surface area contributed by atoms with E-state index in [1.807, 2.05) is 24.3 Å². The molecular formula is C19H23N3O5S. The van der Waals surface area contributed by atoms with Gasteiger partial charge in [-0.25, -0.2) is 17.5 Å². The van der Waals surface area contributed by atoms with Gasteiger partial charge < -0.3 is 20.1 Å². The Labute approximate surface area is 164 Å². The highest BCUT2D eigenvalue weighted by molar-refractivity contribution is 7.89. The highest BCUT2D eigenvalue weighted by atomic mass is 32.2. The molecule has 1 heterocycles. The van der Waals surface area contributed by atoms with Gasteiger partial charge in [-0.1, -0.05) is 30.3 Å². The number of nitrogens with one attached hydrogen (secondary N) is 2. The Morgan fingerprint density at radius 2 is 1.75 bits per heavy atom. The zero-order valence-corrected chi connectivity index (χ0v) is 16.5. The number of para-hydroxylation sites is 2. The molecule has 9 heteroatoms. The summed E-state index contributed by atoms with van der Waals surface area (Å²) in [6.07, 6.45) is -0.304. The lowest BCUT2D eigenvalue weighted by molar-refractivity contribution is 0.0918. The molecule has 1 aliphatic heterocycles. The molecule has 0 fully saturated rings. The first kappa shape index (κ1) is 20.0. The van der Waals surface area contributed by atoms with E-state index >= 15 is 0 Å². The van der Waals surface area contributed by atoms with Gasteiger partial charge in [0.1, 0.15) is 6.61 Å². The van der Waals surface area contributed by atoms with Gasteiger partial charge in [-0.2, -0.15) is 0 Å². The smallest absolute Gasteiger partial charge is 0.315 e. The average Bonchev–Trinajstić information content (AvgIpc) is 2.70. The summed E-state index contributed by atoms with van der Waals surface area (Å²) in [5, 5.41) is 5.40. The van der Waals surface area contributed by atoms with Crippen LogP contribution in [-0.2, 0) is 16.6 Å². The summed E-state index contributed by atoms with van der Waals surface area (Å²) in [6, 6.07) is 13.5. The number of carbonyl (C=O) groups excluding carboxylic acids is 1. The molecule has 0 saturated heterocycles. The topological polar surface area (TPSA) is 97.0 Å². The highest BCUT2D eigenvalue weighted by Crippen LogP contribution is 2.30. The van der Waals surface area contributed by atoms with E-state index in [2.05, 4.69) is 10.6 Å². The number of rotatable bonds is 6. The predicted molar refractivity (Wildman–Crippen MR) is 104 cm³/mol. The minimum Gasteiger partial charge on any atom is -0.486 e. The van der Waals surface area contributed by atoms with Gasteiger partial charge in [0.2, 0.25) is 10.0 Å². The lowest BCUT2D eigenvalue weighted by Gasteiger charge is -2.26. The van der Waals surface area contributed by atoms with Crippen LogP contribution in [0.15, 0.2) is 53.4 Å². The first-order chi connectivity index (χ1) is 13.4. The zero-order valence-electron chi connectivity index (χ0n) is 15.7. The Bertz CT molecular complexity index is 946. The van der Waals surface area contributed by atoms with Crippen LogP contribution in [0.5, 0.6) is 11.5 Å². The van der Waals surface area contributed by atoms with Crippen molar-refractivity contribution in [2.45, 2.75) is 17.5 Å². The highest BCUT2D eigenvalue weighted by Gasteiger charge is 2.22. The molecule has 2 amide bonds. The molecule has 0 bridgehead atoms. The third-order valence-corrected chi connectivity index (χ3v) is 6.14. The Hall–Kier alpha value is -2.78. The molecule has 2 N–H and O–H groups in total. The largest absolute Gasteiger partial charge is 0.486 e. The summed E-state index contributed by atoms with van der Waals surface area (Å²) < 4.78 is 37.3. The van der Waals surface area contributed by atoms with Crippen molar-refractivity contribution < 1.29 is 22.7 Å². The first-order valence-electron chi connectivity index (χ1n) is 8.78. The predicted octanol–water partition coefficient (Wildman–Crippen LogP) is 1.58. The zero-order chi connectivity index (χ0) is 20.1. The van der Waals surface area contributed by atoms with Gasteiger partial charge in [-0.05, 0) is 23.8 Å². The van der Waals surface area contributed by atoms with Crippen molar-refractivity contribution >= 4 is 16.1 Å². The summed E-state index contributed by atoms with van der Waals surface area (Å²) in [7, 11) is -0.650. The lowest BCUT2D eigenvalue weighted by Crippen LogP contribution is -2.44. The summed E-state index contributed by atoms with van der Waals surface area (Å²) in [6.45, 7) is 0.680. The number of ether oxygens (including phenoxy) is 2. The maximum absolute atomic E-state index is 12.4. The van der Waals surface area contributed by atoms with E-state index in [9.17, 15) is 13.2 Å². The Kier molecular flexibility index (Phi) is 6.05. The normalized spacial score (nSPS) is 15.9. The Morgan fingerprint density at radius 3 is 2.50 bits per heavy atom. The first-order valence-corrected chi connectivity index (χ1v) is 10.2. The van der Waals surface area contributed by atoms with Crippen LogP contribution in [0.4, 0.5) is 4.79 Å². The molecule has 2 aromatic carbocycles. The Morgan fingerprint density at radius 1 is 1.07 bits per heavy atom. The van der Waals surface area contributed by atoms with Gasteiger partial charge in [0, 0.05) is 20.6 Å². The molecule has 1 atom stereocenters. The van der Waals surface area contributed by atoms with Crippen LogP contribution in [-0.4, -0.2) is 52.1 Å². The molecule has 28 heavy (non-hydrogen) atoms. The number of carbonyl (C=O) groups is 1. The molecule has 0 aliphatic carbocycles. The van der Waals surface area contributed by atoms with Gasteiger partial charge in [0.25, 0.3) is 0 Å². The number of nitrogens with zero attached hydrogens (tertiary/aromatic N) is 1. The van der Waals surface area contributed by atoms with E-state index in [1.165, 1.54) is 20.2 Å². The third kappa shape index (κ3) is 4.55. The lowest BCUT2D eigenvalue weighted by atomic mass is 10.2. The molecule has 3 rings (SSSR count). The number of amides is 2. The fourth-order valence-corrected chi connectivity index (χ4v) is 3.82. The van der Waals surface area contributed by atoms with E-state index in [-0.39, 0.29) is 24.1 Å². The summed E-state index contributed by atoms with van der Waals surface area (Å²) in [5.41, 5.74) is 0.512. The second-order valence-electron chi connectivity index (χ2n) is 6.46. The van der Waals surface area contributed by atoms with Crippen LogP contribution >= 0.6 is 0 Å². The van der Waals surface area contributed by atoms with Crippen molar-refractivity contribution in [3.05, 3.63) is 54.1 Å². The van der Waals surface area contributed by atoms with Crippen LogP contribution in [0, 0.1) is 0 Å².